The highest BCUT2D eigenvalue weighted by Crippen LogP contribution is 2.32. The molecule has 35 heavy (non-hydrogen) atoms. The SMILES string of the molecule is Cn1cc(C(=O)NC2CCN(C(=O)C3CCCN3C(=O)c3ccc4ccccc4c3O)CC2)cn1. The number of aromatic hydroxyl groups is 1. The molecule has 2 N–H and O–H groups in total. The van der Waals surface area contributed by atoms with E-state index in [0.717, 1.165) is 11.8 Å². The smallest absolute Gasteiger partial charge is 0.258 e. The lowest BCUT2D eigenvalue weighted by atomic mass is 10.0. The molecule has 2 fully saturated rings. The molecule has 2 aromatic carbocycles. The van der Waals surface area contributed by atoms with Crippen LogP contribution in [0.3, 0.4) is 0 Å². The zero-order chi connectivity index (χ0) is 24.5. The second kappa shape index (κ2) is 9.40. The minimum Gasteiger partial charge on any atom is -0.506 e. The molecule has 9 heteroatoms. The Hall–Kier alpha value is -3.88. The highest BCUT2D eigenvalue weighted by Gasteiger charge is 2.38. The summed E-state index contributed by atoms with van der Waals surface area (Å²) in [6.07, 6.45) is 5.87. The monoisotopic (exact) mass is 475 g/mol. The van der Waals surface area contributed by atoms with Gasteiger partial charge >= 0.3 is 0 Å². The lowest BCUT2D eigenvalue weighted by molar-refractivity contribution is -0.136. The van der Waals surface area contributed by atoms with Crippen molar-refractivity contribution in [3.05, 3.63) is 59.9 Å². The first-order chi connectivity index (χ1) is 16.9. The van der Waals surface area contributed by atoms with Crippen molar-refractivity contribution in [3.8, 4) is 5.75 Å². The van der Waals surface area contributed by atoms with Gasteiger partial charge < -0.3 is 20.2 Å². The number of aryl methyl sites for hydroxylation is 1. The minimum atomic E-state index is -0.532. The van der Waals surface area contributed by atoms with E-state index < -0.39 is 6.04 Å². The molecule has 3 heterocycles. The maximum absolute atomic E-state index is 13.4. The topological polar surface area (TPSA) is 108 Å². The van der Waals surface area contributed by atoms with Crippen LogP contribution in [0.15, 0.2) is 48.8 Å². The summed E-state index contributed by atoms with van der Waals surface area (Å²) >= 11 is 0. The Morgan fingerprint density at radius 1 is 1.03 bits per heavy atom. The lowest BCUT2D eigenvalue weighted by Gasteiger charge is -2.35. The lowest BCUT2D eigenvalue weighted by Crippen LogP contribution is -2.52. The fourth-order valence-corrected chi connectivity index (χ4v) is 5.11. The molecule has 0 bridgehead atoms. The van der Waals surface area contributed by atoms with Gasteiger partial charge in [-0.25, -0.2) is 0 Å². The normalized spacial score (nSPS) is 18.7. The Kier molecular flexibility index (Phi) is 6.15. The van der Waals surface area contributed by atoms with Crippen molar-refractivity contribution >= 4 is 28.5 Å². The van der Waals surface area contributed by atoms with Crippen LogP contribution in [0.25, 0.3) is 10.8 Å². The van der Waals surface area contributed by atoms with Crippen LogP contribution >= 0.6 is 0 Å². The molecular formula is C26H29N5O4. The molecule has 5 rings (SSSR count). The van der Waals surface area contributed by atoms with E-state index in [-0.39, 0.29) is 35.1 Å². The highest BCUT2D eigenvalue weighted by atomic mass is 16.3. The number of amides is 3. The summed E-state index contributed by atoms with van der Waals surface area (Å²) in [4.78, 5) is 42.5. The fraction of sp³-hybridized carbons (Fsp3) is 0.385. The third-order valence-electron chi connectivity index (χ3n) is 7.04. The number of aromatic nitrogens is 2. The number of nitrogens with zero attached hydrogens (tertiary/aromatic N) is 4. The zero-order valence-corrected chi connectivity index (χ0v) is 19.7. The van der Waals surface area contributed by atoms with Crippen LogP contribution in [-0.4, -0.2) is 74.1 Å². The number of benzene rings is 2. The fourth-order valence-electron chi connectivity index (χ4n) is 5.11. The van der Waals surface area contributed by atoms with Gasteiger partial charge in [-0.05, 0) is 37.1 Å². The van der Waals surface area contributed by atoms with E-state index in [1.54, 1.807) is 39.9 Å². The molecule has 0 spiro atoms. The van der Waals surface area contributed by atoms with E-state index in [9.17, 15) is 19.5 Å². The van der Waals surface area contributed by atoms with Gasteiger partial charge in [-0.1, -0.05) is 30.3 Å². The third kappa shape index (κ3) is 4.45. The number of hydrogen-bond acceptors (Lipinski definition) is 5. The predicted octanol–water partition coefficient (Wildman–Crippen LogP) is 2.30. The number of phenols is 1. The number of carbonyl (C=O) groups excluding carboxylic acids is 3. The summed E-state index contributed by atoms with van der Waals surface area (Å²) in [5.74, 6) is -0.585. The molecule has 182 valence electrons. The van der Waals surface area contributed by atoms with E-state index in [2.05, 4.69) is 10.4 Å². The summed E-state index contributed by atoms with van der Waals surface area (Å²) in [7, 11) is 1.76. The van der Waals surface area contributed by atoms with Crippen LogP contribution in [0, 0.1) is 0 Å². The van der Waals surface area contributed by atoms with Crippen LogP contribution in [-0.2, 0) is 11.8 Å². The first-order valence-electron chi connectivity index (χ1n) is 12.0. The summed E-state index contributed by atoms with van der Waals surface area (Å²) in [6, 6.07) is 10.3. The number of piperidine rings is 1. The number of fused-ring (bicyclic) bond motifs is 1. The van der Waals surface area contributed by atoms with Gasteiger partial charge in [-0.2, -0.15) is 5.10 Å². The molecule has 2 aliphatic heterocycles. The van der Waals surface area contributed by atoms with Crippen LogP contribution in [0.5, 0.6) is 5.75 Å². The third-order valence-corrected chi connectivity index (χ3v) is 7.04. The Labute approximate surface area is 203 Å². The average molecular weight is 476 g/mol. The van der Waals surface area contributed by atoms with Crippen molar-refractivity contribution in [2.24, 2.45) is 7.05 Å². The van der Waals surface area contributed by atoms with Crippen LogP contribution in [0.1, 0.15) is 46.4 Å². The van der Waals surface area contributed by atoms with Crippen molar-refractivity contribution < 1.29 is 19.5 Å². The van der Waals surface area contributed by atoms with Crippen molar-refractivity contribution in [2.75, 3.05) is 19.6 Å². The molecule has 1 atom stereocenters. The summed E-state index contributed by atoms with van der Waals surface area (Å²) in [5, 5.41) is 19.3. The van der Waals surface area contributed by atoms with Gasteiger partial charge in [0.25, 0.3) is 11.8 Å². The van der Waals surface area contributed by atoms with Gasteiger partial charge in [-0.3, -0.25) is 19.1 Å². The maximum atomic E-state index is 13.4. The van der Waals surface area contributed by atoms with E-state index in [1.807, 2.05) is 24.3 Å². The number of likely N-dealkylation sites (tertiary alicyclic amines) is 2. The molecule has 1 unspecified atom stereocenters. The first kappa shape index (κ1) is 22.9. The van der Waals surface area contributed by atoms with E-state index in [1.165, 1.54) is 6.20 Å². The summed E-state index contributed by atoms with van der Waals surface area (Å²) < 4.78 is 1.59. The van der Waals surface area contributed by atoms with Gasteiger partial charge in [0.15, 0.2) is 0 Å². The van der Waals surface area contributed by atoms with Gasteiger partial charge in [0.1, 0.15) is 11.8 Å². The molecule has 0 aliphatic carbocycles. The number of rotatable bonds is 4. The average Bonchev–Trinajstić information content (AvgIpc) is 3.54. The van der Waals surface area contributed by atoms with Crippen molar-refractivity contribution in [2.45, 2.75) is 37.8 Å². The number of carbonyl (C=O) groups is 3. The maximum Gasteiger partial charge on any atom is 0.258 e. The Morgan fingerprint density at radius 2 is 1.80 bits per heavy atom. The van der Waals surface area contributed by atoms with E-state index in [0.29, 0.717) is 49.8 Å². The van der Waals surface area contributed by atoms with Gasteiger partial charge in [0, 0.05) is 44.3 Å². The van der Waals surface area contributed by atoms with Gasteiger partial charge in [0.2, 0.25) is 5.91 Å². The molecule has 2 saturated heterocycles. The molecule has 9 nitrogen and oxygen atoms in total. The quantitative estimate of drug-likeness (QED) is 0.602. The minimum absolute atomic E-state index is 0.0115. The number of nitrogens with one attached hydrogen (secondary N) is 1. The largest absolute Gasteiger partial charge is 0.506 e. The Bertz CT molecular complexity index is 1280. The Morgan fingerprint density at radius 3 is 2.54 bits per heavy atom. The first-order valence-corrected chi connectivity index (χ1v) is 12.0. The number of hydrogen-bond donors (Lipinski definition) is 2. The van der Waals surface area contributed by atoms with Crippen LogP contribution in [0.4, 0.5) is 0 Å². The molecule has 1 aromatic heterocycles. The molecular weight excluding hydrogens is 446 g/mol. The van der Waals surface area contributed by atoms with Crippen LogP contribution < -0.4 is 5.32 Å². The second-order valence-electron chi connectivity index (χ2n) is 9.32. The van der Waals surface area contributed by atoms with Gasteiger partial charge in [0.05, 0.1) is 17.3 Å². The molecule has 0 radical (unpaired) electrons. The summed E-state index contributed by atoms with van der Waals surface area (Å²) in [5.41, 5.74) is 0.739. The predicted molar refractivity (Wildman–Crippen MR) is 130 cm³/mol. The van der Waals surface area contributed by atoms with Crippen molar-refractivity contribution in [3.63, 3.8) is 0 Å². The van der Waals surface area contributed by atoms with Crippen molar-refractivity contribution in [1.29, 1.82) is 0 Å². The second-order valence-corrected chi connectivity index (χ2v) is 9.32. The van der Waals surface area contributed by atoms with E-state index in [4.69, 9.17) is 0 Å². The van der Waals surface area contributed by atoms with Gasteiger partial charge in [-0.15, -0.1) is 0 Å². The standard InChI is InChI=1S/C26H29N5O4/c1-29-16-18(15-27-29)24(33)28-19-10-13-30(14-11-19)26(35)22-7-4-12-31(22)25(34)21-9-8-17-5-2-3-6-20(17)23(21)32/h2-3,5-6,8-9,15-16,19,22,32H,4,7,10-14H2,1H3,(H,28,33). The zero-order valence-electron chi connectivity index (χ0n) is 19.7. The molecule has 2 aliphatic rings. The van der Waals surface area contributed by atoms with Crippen LogP contribution in [0.2, 0.25) is 0 Å². The Balaban J connectivity index is 1.22. The van der Waals surface area contributed by atoms with E-state index >= 15 is 0 Å². The molecule has 0 saturated carbocycles. The highest BCUT2D eigenvalue weighted by molar-refractivity contribution is 6.05. The summed E-state index contributed by atoms with van der Waals surface area (Å²) in [6.45, 7) is 1.53. The molecule has 3 amide bonds. The molecule has 3 aromatic rings. The van der Waals surface area contributed by atoms with Crippen molar-refractivity contribution in [1.82, 2.24) is 24.9 Å². The number of phenolic OH excluding ortho intramolecular Hbond substituents is 1.